The molecule has 1 unspecified atom stereocenters. The monoisotopic (exact) mass is 174 g/mol. The summed E-state index contributed by atoms with van der Waals surface area (Å²) in [4.78, 5) is 10.9. The Morgan fingerprint density at radius 2 is 2.17 bits per heavy atom. The average Bonchev–Trinajstić information content (AvgIpc) is 2.02. The maximum Gasteiger partial charge on any atom is 0.314 e. The third-order valence-electron chi connectivity index (χ3n) is 1.57. The Kier molecular flexibility index (Phi) is 6.47. The van der Waals surface area contributed by atoms with Crippen molar-refractivity contribution in [2.45, 2.75) is 20.3 Å². The molecule has 0 fully saturated rings. The van der Waals surface area contributed by atoms with Crippen LogP contribution in [0.1, 0.15) is 20.3 Å². The zero-order chi connectivity index (χ0) is 9.40. The summed E-state index contributed by atoms with van der Waals surface area (Å²) in [5, 5.41) is 13.9. The Morgan fingerprint density at radius 1 is 1.50 bits per heavy atom. The minimum Gasteiger partial charge on any atom is -0.396 e. The second kappa shape index (κ2) is 6.91. The number of carbonyl (C=O) groups excluding carboxylic acids is 1. The normalized spacial score (nSPS) is 12.2. The van der Waals surface area contributed by atoms with Crippen molar-refractivity contribution in [3.8, 4) is 0 Å². The summed E-state index contributed by atoms with van der Waals surface area (Å²) in [7, 11) is 0. The summed E-state index contributed by atoms with van der Waals surface area (Å²) >= 11 is 0. The Hall–Kier alpha value is -0.770. The number of amides is 2. The molecule has 0 aliphatic carbocycles. The number of hydrogen-bond donors (Lipinski definition) is 3. The average molecular weight is 174 g/mol. The minimum absolute atomic E-state index is 0.137. The molecule has 0 bridgehead atoms. The lowest BCUT2D eigenvalue weighted by atomic mass is 10.1. The van der Waals surface area contributed by atoms with Gasteiger partial charge in [0.15, 0.2) is 0 Å². The quantitative estimate of drug-likeness (QED) is 0.562. The number of nitrogens with one attached hydrogen (secondary N) is 2. The van der Waals surface area contributed by atoms with Crippen LogP contribution < -0.4 is 10.6 Å². The van der Waals surface area contributed by atoms with Crippen molar-refractivity contribution in [3.05, 3.63) is 0 Å². The molecule has 0 rings (SSSR count). The van der Waals surface area contributed by atoms with Crippen molar-refractivity contribution >= 4 is 6.03 Å². The van der Waals surface area contributed by atoms with E-state index in [9.17, 15) is 4.79 Å². The summed E-state index contributed by atoms with van der Waals surface area (Å²) in [5.74, 6) is 0.331. The van der Waals surface area contributed by atoms with E-state index in [1.807, 2.05) is 13.8 Å². The first-order valence-electron chi connectivity index (χ1n) is 4.33. The Labute approximate surface area is 73.3 Å². The predicted molar refractivity (Wildman–Crippen MR) is 47.9 cm³/mol. The van der Waals surface area contributed by atoms with Crippen LogP contribution in [0.25, 0.3) is 0 Å². The van der Waals surface area contributed by atoms with E-state index < -0.39 is 0 Å². The first-order chi connectivity index (χ1) is 5.70. The van der Waals surface area contributed by atoms with Crippen LogP contribution in [0.4, 0.5) is 4.79 Å². The highest BCUT2D eigenvalue weighted by Crippen LogP contribution is 1.97. The molecule has 0 aliphatic heterocycles. The van der Waals surface area contributed by atoms with Gasteiger partial charge in [-0.05, 0) is 19.3 Å². The van der Waals surface area contributed by atoms with Gasteiger partial charge in [-0.25, -0.2) is 4.79 Å². The highest BCUT2D eigenvalue weighted by Gasteiger charge is 2.02. The molecule has 0 aromatic rings. The van der Waals surface area contributed by atoms with Gasteiger partial charge in [-0.15, -0.1) is 0 Å². The van der Waals surface area contributed by atoms with Crippen LogP contribution in [0.5, 0.6) is 0 Å². The first kappa shape index (κ1) is 11.2. The fourth-order valence-corrected chi connectivity index (χ4v) is 0.812. The molecule has 0 aromatic carbocycles. The van der Waals surface area contributed by atoms with Gasteiger partial charge in [0.05, 0.1) is 0 Å². The number of urea groups is 1. The van der Waals surface area contributed by atoms with Crippen LogP contribution in [0.2, 0.25) is 0 Å². The molecule has 0 saturated carbocycles. The van der Waals surface area contributed by atoms with Gasteiger partial charge in [0, 0.05) is 19.7 Å². The highest BCUT2D eigenvalue weighted by molar-refractivity contribution is 5.73. The van der Waals surface area contributed by atoms with E-state index in [2.05, 4.69) is 10.6 Å². The molecule has 72 valence electrons. The van der Waals surface area contributed by atoms with Crippen LogP contribution >= 0.6 is 0 Å². The molecule has 4 nitrogen and oxygen atoms in total. The topological polar surface area (TPSA) is 61.4 Å². The summed E-state index contributed by atoms with van der Waals surface area (Å²) < 4.78 is 0. The van der Waals surface area contributed by atoms with Gasteiger partial charge in [-0.2, -0.15) is 0 Å². The van der Waals surface area contributed by atoms with E-state index in [-0.39, 0.29) is 12.6 Å². The lowest BCUT2D eigenvalue weighted by molar-refractivity contribution is 0.234. The summed E-state index contributed by atoms with van der Waals surface area (Å²) in [6, 6.07) is -0.137. The fourth-order valence-electron chi connectivity index (χ4n) is 0.812. The van der Waals surface area contributed by atoms with E-state index in [4.69, 9.17) is 5.11 Å². The van der Waals surface area contributed by atoms with E-state index in [1.165, 1.54) is 0 Å². The maximum absolute atomic E-state index is 10.9. The van der Waals surface area contributed by atoms with Crippen LogP contribution in [-0.4, -0.2) is 30.8 Å². The fraction of sp³-hybridized carbons (Fsp3) is 0.875. The SMILES string of the molecule is CCNC(=O)NCC(C)CCO. The summed E-state index contributed by atoms with van der Waals surface area (Å²) in [6.45, 7) is 5.30. The highest BCUT2D eigenvalue weighted by atomic mass is 16.3. The lowest BCUT2D eigenvalue weighted by Gasteiger charge is -2.10. The second-order valence-corrected chi connectivity index (χ2v) is 2.86. The van der Waals surface area contributed by atoms with Gasteiger partial charge in [-0.1, -0.05) is 6.92 Å². The lowest BCUT2D eigenvalue weighted by Crippen LogP contribution is -2.37. The molecule has 0 spiro atoms. The second-order valence-electron chi connectivity index (χ2n) is 2.86. The molecule has 0 aromatic heterocycles. The van der Waals surface area contributed by atoms with Crippen LogP contribution in [0.3, 0.4) is 0 Å². The van der Waals surface area contributed by atoms with Crippen molar-refractivity contribution in [1.82, 2.24) is 10.6 Å². The molecule has 1 atom stereocenters. The molecule has 0 radical (unpaired) electrons. The van der Waals surface area contributed by atoms with Gasteiger partial charge >= 0.3 is 6.03 Å². The van der Waals surface area contributed by atoms with Crippen LogP contribution in [-0.2, 0) is 0 Å². The van der Waals surface area contributed by atoms with E-state index >= 15 is 0 Å². The Bertz CT molecular complexity index is 128. The minimum atomic E-state index is -0.137. The van der Waals surface area contributed by atoms with Crippen molar-refractivity contribution in [2.24, 2.45) is 5.92 Å². The van der Waals surface area contributed by atoms with E-state index in [1.54, 1.807) is 0 Å². The van der Waals surface area contributed by atoms with Gasteiger partial charge in [0.25, 0.3) is 0 Å². The first-order valence-corrected chi connectivity index (χ1v) is 4.33. The molecule has 2 amide bonds. The molecular weight excluding hydrogens is 156 g/mol. The molecule has 0 saturated heterocycles. The van der Waals surface area contributed by atoms with Gasteiger partial charge in [0.1, 0.15) is 0 Å². The standard InChI is InChI=1S/C8H18N2O2/c1-3-9-8(12)10-6-7(2)4-5-11/h7,11H,3-6H2,1-2H3,(H2,9,10,12). The van der Waals surface area contributed by atoms with Crippen molar-refractivity contribution < 1.29 is 9.90 Å². The number of rotatable bonds is 5. The number of carbonyl (C=O) groups is 1. The van der Waals surface area contributed by atoms with Crippen molar-refractivity contribution in [2.75, 3.05) is 19.7 Å². The number of hydrogen-bond acceptors (Lipinski definition) is 2. The smallest absolute Gasteiger partial charge is 0.314 e. The maximum atomic E-state index is 10.9. The zero-order valence-corrected chi connectivity index (χ0v) is 7.76. The van der Waals surface area contributed by atoms with Crippen molar-refractivity contribution in [1.29, 1.82) is 0 Å². The summed E-state index contributed by atoms with van der Waals surface area (Å²) in [5.41, 5.74) is 0. The predicted octanol–water partition coefficient (Wildman–Crippen LogP) is 0.324. The zero-order valence-electron chi connectivity index (χ0n) is 7.76. The molecule has 12 heavy (non-hydrogen) atoms. The molecule has 0 heterocycles. The van der Waals surface area contributed by atoms with Crippen LogP contribution in [0.15, 0.2) is 0 Å². The third-order valence-corrected chi connectivity index (χ3v) is 1.57. The van der Waals surface area contributed by atoms with Gasteiger partial charge < -0.3 is 15.7 Å². The molecular formula is C8H18N2O2. The largest absolute Gasteiger partial charge is 0.396 e. The van der Waals surface area contributed by atoms with Crippen molar-refractivity contribution in [3.63, 3.8) is 0 Å². The third kappa shape index (κ3) is 5.97. The molecule has 0 aliphatic rings. The Morgan fingerprint density at radius 3 is 2.67 bits per heavy atom. The summed E-state index contributed by atoms with van der Waals surface area (Å²) in [6.07, 6.45) is 0.729. The molecule has 3 N–H and O–H groups in total. The van der Waals surface area contributed by atoms with Crippen LogP contribution in [0, 0.1) is 5.92 Å². The number of aliphatic hydroxyl groups excluding tert-OH is 1. The Balaban J connectivity index is 3.33. The number of aliphatic hydroxyl groups is 1. The van der Waals surface area contributed by atoms with E-state index in [0.29, 0.717) is 19.0 Å². The molecule has 4 heteroatoms. The van der Waals surface area contributed by atoms with E-state index in [0.717, 1.165) is 6.42 Å². The van der Waals surface area contributed by atoms with Gasteiger partial charge in [0.2, 0.25) is 0 Å². The van der Waals surface area contributed by atoms with Gasteiger partial charge in [-0.3, -0.25) is 0 Å².